The van der Waals surface area contributed by atoms with Crippen molar-refractivity contribution in [1.82, 2.24) is 9.95 Å². The van der Waals surface area contributed by atoms with Crippen LogP contribution in [-0.4, -0.2) is 4.52 Å². The van der Waals surface area contributed by atoms with Crippen LogP contribution in [0.5, 0.6) is 0 Å². The van der Waals surface area contributed by atoms with E-state index in [1.165, 1.54) is 26.9 Å². The van der Waals surface area contributed by atoms with E-state index in [0.29, 0.717) is 5.92 Å². The third-order valence-corrected chi connectivity index (χ3v) is 3.25. The summed E-state index contributed by atoms with van der Waals surface area (Å²) in [6.07, 6.45) is 1.95. The number of nitrogens with one attached hydrogen (secondary N) is 1. The van der Waals surface area contributed by atoms with Crippen molar-refractivity contribution in [3.8, 4) is 0 Å². The molecule has 0 saturated carbocycles. The predicted octanol–water partition coefficient (Wildman–Crippen LogP) is 1.97. The summed E-state index contributed by atoms with van der Waals surface area (Å²) in [4.78, 5) is 1.23. The molecule has 0 aliphatic carbocycles. The fraction of sp³-hybridized carbons (Fsp3) is 0.200. The summed E-state index contributed by atoms with van der Waals surface area (Å²) >= 11 is 1.53. The Morgan fingerprint density at radius 2 is 2.07 bits per heavy atom. The number of nitrogens with two attached hydrogens (primary N) is 1. The van der Waals surface area contributed by atoms with E-state index in [1.807, 2.05) is 12.3 Å². The first kappa shape index (κ1) is 9.58. The van der Waals surface area contributed by atoms with E-state index in [9.17, 15) is 0 Å². The average molecular weight is 207 g/mol. The maximum atomic E-state index is 5.57. The van der Waals surface area contributed by atoms with Crippen molar-refractivity contribution in [3.05, 3.63) is 47.0 Å². The Bertz CT molecular complexity index is 336. The predicted molar refractivity (Wildman–Crippen MR) is 59.7 cm³/mol. The second-order valence-electron chi connectivity index (χ2n) is 3.23. The highest BCUT2D eigenvalue weighted by atomic mass is 32.2. The van der Waals surface area contributed by atoms with E-state index in [0.717, 1.165) is 0 Å². The number of hydrazine groups is 2. The molecule has 3 nitrogen and oxygen atoms in total. The highest BCUT2D eigenvalue weighted by Gasteiger charge is 2.18. The minimum atomic E-state index is 0.391. The van der Waals surface area contributed by atoms with Crippen LogP contribution in [0, 0.1) is 0 Å². The number of benzene rings is 1. The second kappa shape index (κ2) is 4.04. The molecular weight excluding hydrogens is 194 g/mol. The third kappa shape index (κ3) is 1.92. The summed E-state index contributed by atoms with van der Waals surface area (Å²) in [6.45, 7) is 2.18. The van der Waals surface area contributed by atoms with Gasteiger partial charge in [0.05, 0.1) is 0 Å². The summed E-state index contributed by atoms with van der Waals surface area (Å²) in [7, 11) is 0. The standard InChI is InChI=1S/C10H13N3S/c1-8(9-5-3-2-4-6-9)10-7-12-13(11)14-10/h2-8,12H,11H2,1H3. The fourth-order valence-electron chi connectivity index (χ4n) is 1.40. The Hall–Kier alpha value is -0.970. The molecule has 4 heteroatoms. The quantitative estimate of drug-likeness (QED) is 0.574. The van der Waals surface area contributed by atoms with Gasteiger partial charge in [0.25, 0.3) is 0 Å². The molecule has 0 bridgehead atoms. The smallest absolute Gasteiger partial charge is 0.0281 e. The molecule has 1 aromatic carbocycles. The van der Waals surface area contributed by atoms with E-state index in [2.05, 4.69) is 36.6 Å². The number of allylic oxidation sites excluding steroid dienone is 1. The van der Waals surface area contributed by atoms with Crippen LogP contribution in [0.1, 0.15) is 18.4 Å². The van der Waals surface area contributed by atoms with Crippen molar-refractivity contribution in [3.63, 3.8) is 0 Å². The Morgan fingerprint density at radius 3 is 2.64 bits per heavy atom. The Kier molecular flexibility index (Phi) is 2.77. The number of rotatable bonds is 2. The van der Waals surface area contributed by atoms with Gasteiger partial charge in [-0.3, -0.25) is 0 Å². The Labute approximate surface area is 88.0 Å². The molecule has 0 saturated heterocycles. The zero-order valence-electron chi connectivity index (χ0n) is 7.97. The van der Waals surface area contributed by atoms with Gasteiger partial charge in [-0.05, 0) is 17.5 Å². The Balaban J connectivity index is 2.13. The van der Waals surface area contributed by atoms with E-state index >= 15 is 0 Å². The van der Waals surface area contributed by atoms with Gasteiger partial charge < -0.3 is 5.43 Å². The maximum absolute atomic E-state index is 5.57. The van der Waals surface area contributed by atoms with Crippen molar-refractivity contribution in [2.45, 2.75) is 12.8 Å². The minimum absolute atomic E-state index is 0.391. The van der Waals surface area contributed by atoms with Crippen LogP contribution in [-0.2, 0) is 0 Å². The van der Waals surface area contributed by atoms with Crippen molar-refractivity contribution < 1.29 is 0 Å². The normalized spacial score (nSPS) is 18.9. The topological polar surface area (TPSA) is 41.3 Å². The SMILES string of the molecule is CC(C1=CNN(N)S1)c1ccccc1. The minimum Gasteiger partial charge on any atom is -0.302 e. The molecule has 1 atom stereocenters. The van der Waals surface area contributed by atoms with Gasteiger partial charge >= 0.3 is 0 Å². The molecule has 1 aliphatic rings. The van der Waals surface area contributed by atoms with E-state index in [4.69, 9.17) is 5.84 Å². The third-order valence-electron chi connectivity index (χ3n) is 2.26. The lowest BCUT2D eigenvalue weighted by atomic mass is 10.0. The summed E-state index contributed by atoms with van der Waals surface area (Å²) in [6, 6.07) is 10.4. The monoisotopic (exact) mass is 207 g/mol. The van der Waals surface area contributed by atoms with Gasteiger partial charge in [0, 0.05) is 17.0 Å². The van der Waals surface area contributed by atoms with Crippen molar-refractivity contribution >= 4 is 11.9 Å². The zero-order chi connectivity index (χ0) is 9.97. The molecule has 1 unspecified atom stereocenters. The fourth-order valence-corrected chi connectivity index (χ4v) is 2.14. The summed E-state index contributed by atoms with van der Waals surface area (Å²) in [5, 5.41) is 0. The van der Waals surface area contributed by atoms with Gasteiger partial charge in [-0.1, -0.05) is 41.8 Å². The lowest BCUT2D eigenvalue weighted by Crippen LogP contribution is -2.30. The zero-order valence-corrected chi connectivity index (χ0v) is 8.79. The molecule has 1 aromatic rings. The van der Waals surface area contributed by atoms with Gasteiger partial charge in [0.15, 0.2) is 0 Å². The number of nitrogens with zero attached hydrogens (tertiary/aromatic N) is 1. The first-order valence-corrected chi connectivity index (χ1v) is 5.28. The molecule has 0 fully saturated rings. The lowest BCUT2D eigenvalue weighted by molar-refractivity contribution is 0.440. The molecule has 14 heavy (non-hydrogen) atoms. The Morgan fingerprint density at radius 1 is 1.36 bits per heavy atom. The van der Waals surface area contributed by atoms with Crippen LogP contribution in [0.4, 0.5) is 0 Å². The maximum Gasteiger partial charge on any atom is 0.0281 e. The molecule has 0 spiro atoms. The van der Waals surface area contributed by atoms with Gasteiger partial charge in [-0.15, -0.1) is 0 Å². The van der Waals surface area contributed by atoms with Crippen LogP contribution < -0.4 is 11.3 Å². The molecule has 1 heterocycles. The van der Waals surface area contributed by atoms with Crippen LogP contribution in [0.2, 0.25) is 0 Å². The lowest BCUT2D eigenvalue weighted by Gasteiger charge is -2.12. The largest absolute Gasteiger partial charge is 0.302 e. The highest BCUT2D eigenvalue weighted by molar-refractivity contribution is 8.01. The van der Waals surface area contributed by atoms with Crippen LogP contribution >= 0.6 is 11.9 Å². The van der Waals surface area contributed by atoms with Crippen molar-refractivity contribution in [2.24, 2.45) is 5.84 Å². The van der Waals surface area contributed by atoms with E-state index in [1.54, 1.807) is 0 Å². The van der Waals surface area contributed by atoms with Crippen molar-refractivity contribution in [2.75, 3.05) is 0 Å². The van der Waals surface area contributed by atoms with Crippen LogP contribution in [0.15, 0.2) is 41.4 Å². The summed E-state index contributed by atoms with van der Waals surface area (Å²) in [5.41, 5.74) is 4.24. The van der Waals surface area contributed by atoms with Gasteiger partial charge in [0.2, 0.25) is 0 Å². The van der Waals surface area contributed by atoms with Gasteiger partial charge in [-0.25, -0.2) is 5.84 Å². The molecule has 0 amide bonds. The first-order chi connectivity index (χ1) is 6.77. The molecular formula is C10H13N3S. The van der Waals surface area contributed by atoms with Crippen LogP contribution in [0.25, 0.3) is 0 Å². The van der Waals surface area contributed by atoms with Gasteiger partial charge in [-0.2, -0.15) is 0 Å². The molecule has 74 valence electrons. The van der Waals surface area contributed by atoms with E-state index in [-0.39, 0.29) is 0 Å². The first-order valence-electron chi connectivity index (χ1n) is 4.51. The molecule has 1 aliphatic heterocycles. The molecule has 2 rings (SSSR count). The second-order valence-corrected chi connectivity index (χ2v) is 4.27. The summed E-state index contributed by atoms with van der Waals surface area (Å²) < 4.78 is 1.51. The average Bonchev–Trinajstić information content (AvgIpc) is 2.65. The number of hydrogen-bond donors (Lipinski definition) is 2. The van der Waals surface area contributed by atoms with Crippen molar-refractivity contribution in [1.29, 1.82) is 0 Å². The molecule has 0 radical (unpaired) electrons. The highest BCUT2D eigenvalue weighted by Crippen LogP contribution is 2.34. The number of hydrogen-bond acceptors (Lipinski definition) is 4. The van der Waals surface area contributed by atoms with Gasteiger partial charge in [0.1, 0.15) is 0 Å². The van der Waals surface area contributed by atoms with Crippen LogP contribution in [0.3, 0.4) is 0 Å². The molecule has 0 aromatic heterocycles. The summed E-state index contributed by atoms with van der Waals surface area (Å²) in [5.74, 6) is 5.97. The van der Waals surface area contributed by atoms with E-state index < -0.39 is 0 Å². The molecule has 3 N–H and O–H groups in total.